The average molecular weight is 909 g/mol. The van der Waals surface area contributed by atoms with E-state index in [4.69, 9.17) is 28.8 Å². The van der Waals surface area contributed by atoms with Gasteiger partial charge in [0.05, 0.1) is 22.4 Å². The Hall–Kier alpha value is -8.88. The Morgan fingerprint density at radius 3 is 1.46 bits per heavy atom. The molecule has 12 rings (SSSR count). The number of benzene rings is 8. The van der Waals surface area contributed by atoms with E-state index in [9.17, 15) is 0 Å². The summed E-state index contributed by atoms with van der Waals surface area (Å²) in [5.74, 6) is 1.23. The second-order valence-corrected chi connectivity index (χ2v) is 18.1. The Balaban J connectivity index is 0.911. The van der Waals surface area contributed by atoms with Crippen LogP contribution in [0.25, 0.3) is 67.4 Å². The van der Waals surface area contributed by atoms with Gasteiger partial charge in [-0.25, -0.2) is 19.9 Å². The van der Waals surface area contributed by atoms with Gasteiger partial charge >= 0.3 is 0 Å². The molecule has 1 aliphatic carbocycles. The molecule has 3 aromatic heterocycles. The van der Waals surface area contributed by atoms with Gasteiger partial charge in [-0.2, -0.15) is 0 Å². The number of hydrogen-bond donors (Lipinski definition) is 0. The molecule has 2 unspecified atom stereocenters. The number of aromatic nitrogens is 4. The number of para-hydroxylation sites is 8. The van der Waals surface area contributed by atoms with Crippen molar-refractivity contribution in [2.45, 2.75) is 33.6 Å². The highest BCUT2D eigenvalue weighted by atomic mass is 16.4. The summed E-state index contributed by atoms with van der Waals surface area (Å²) in [4.78, 5) is 25.1. The van der Waals surface area contributed by atoms with Gasteiger partial charge in [0.1, 0.15) is 11.0 Å². The van der Waals surface area contributed by atoms with Crippen LogP contribution in [-0.2, 0) is 0 Å². The van der Waals surface area contributed by atoms with Gasteiger partial charge in [0.15, 0.2) is 11.2 Å². The molecule has 0 amide bonds. The molecule has 8 heteroatoms. The predicted octanol–water partition coefficient (Wildman–Crippen LogP) is 16.4. The lowest BCUT2D eigenvalue weighted by Crippen LogP contribution is -2.23. The van der Waals surface area contributed by atoms with Crippen LogP contribution in [-0.4, -0.2) is 19.9 Å². The number of fused-ring (bicyclic) bond motifs is 3. The molecule has 0 N–H and O–H groups in total. The minimum Gasteiger partial charge on any atom is -0.436 e. The van der Waals surface area contributed by atoms with Gasteiger partial charge in [0.25, 0.3) is 0 Å². The van der Waals surface area contributed by atoms with Gasteiger partial charge in [0, 0.05) is 56.7 Å². The first-order valence-electron chi connectivity index (χ1n) is 23.7. The molecule has 0 saturated carbocycles. The molecule has 11 aromatic rings. The molecule has 0 aliphatic heterocycles. The first-order valence-corrected chi connectivity index (χ1v) is 23.7. The third-order valence-electron chi connectivity index (χ3n) is 13.4. The Labute approximate surface area is 406 Å². The van der Waals surface area contributed by atoms with Gasteiger partial charge in [-0.15, -0.1) is 0 Å². The molecule has 3 heterocycles. The molecule has 0 spiro atoms. The summed E-state index contributed by atoms with van der Waals surface area (Å²) in [7, 11) is 0. The molecule has 70 heavy (non-hydrogen) atoms. The number of hydrogen-bond acceptors (Lipinski definition) is 8. The standard InChI is InChI=1S/C62H48N6O2/c1-39-37-55(67(45-17-7-5-8-18-45)47-31-27-43(28-32-47)61-65-53-23-13-15-25-57(53)69-61)41(3)35-49(39)59-60(64-52-22-12-11-21-51(52)63-59)50-36-42(4)56(38-40(50)2)68(46-19-9-6-10-20-46)48-33-29-44(30-34-48)62-66-54-24-14-16-26-58(54)70-62/h5-39,49H,1-4H3. The van der Waals surface area contributed by atoms with Gasteiger partial charge in [-0.05, 0) is 165 Å². The Bertz CT molecular complexity index is 3710. The van der Waals surface area contributed by atoms with Crippen LogP contribution in [0.3, 0.4) is 0 Å². The molecule has 0 saturated heterocycles. The number of oxazole rings is 2. The topological polar surface area (TPSA) is 84.3 Å². The largest absolute Gasteiger partial charge is 0.436 e. The van der Waals surface area contributed by atoms with Gasteiger partial charge in [-0.1, -0.05) is 91.9 Å². The van der Waals surface area contributed by atoms with Crippen molar-refractivity contribution in [3.05, 3.63) is 234 Å². The highest BCUT2D eigenvalue weighted by Gasteiger charge is 2.31. The van der Waals surface area contributed by atoms with Crippen molar-refractivity contribution < 1.29 is 8.83 Å². The van der Waals surface area contributed by atoms with Crippen LogP contribution in [0.15, 0.2) is 226 Å². The third kappa shape index (κ3) is 7.79. The molecule has 0 radical (unpaired) electrons. The second kappa shape index (κ2) is 17.6. The summed E-state index contributed by atoms with van der Waals surface area (Å²) in [6, 6.07) is 66.5. The van der Waals surface area contributed by atoms with Crippen LogP contribution in [0.2, 0.25) is 0 Å². The smallest absolute Gasteiger partial charge is 0.227 e. The summed E-state index contributed by atoms with van der Waals surface area (Å²) in [5.41, 5.74) is 19.5. The number of aryl methyl sites for hydroxylation is 2. The quantitative estimate of drug-likeness (QED) is 0.134. The summed E-state index contributed by atoms with van der Waals surface area (Å²) in [5, 5.41) is 0. The van der Waals surface area contributed by atoms with Crippen LogP contribution >= 0.6 is 0 Å². The summed E-state index contributed by atoms with van der Waals surface area (Å²) in [6.45, 7) is 8.89. The van der Waals surface area contributed by atoms with E-state index in [0.717, 1.165) is 112 Å². The number of rotatable bonds is 10. The minimum atomic E-state index is -0.0463. The zero-order chi connectivity index (χ0) is 47.3. The molecular weight excluding hydrogens is 861 g/mol. The fourth-order valence-corrected chi connectivity index (χ4v) is 9.82. The number of anilines is 5. The van der Waals surface area contributed by atoms with E-state index in [2.05, 4.69) is 183 Å². The number of nitrogens with zero attached hydrogens (tertiary/aromatic N) is 6. The Morgan fingerprint density at radius 2 is 0.900 bits per heavy atom. The van der Waals surface area contributed by atoms with Crippen LogP contribution < -0.4 is 9.80 Å². The first kappa shape index (κ1) is 42.5. The fraction of sp³-hybridized carbons (Fsp3) is 0.0968. The first-order chi connectivity index (χ1) is 34.3. The highest BCUT2D eigenvalue weighted by Crippen LogP contribution is 2.45. The fourth-order valence-electron chi connectivity index (χ4n) is 9.82. The van der Waals surface area contributed by atoms with Crippen LogP contribution in [0, 0.1) is 19.8 Å². The van der Waals surface area contributed by atoms with E-state index in [1.807, 2.05) is 60.7 Å². The molecule has 1 aliphatic rings. The lowest BCUT2D eigenvalue weighted by molar-refractivity contribution is 0.609. The maximum Gasteiger partial charge on any atom is 0.227 e. The normalized spacial score (nSPS) is 14.7. The third-order valence-corrected chi connectivity index (χ3v) is 13.4. The van der Waals surface area contributed by atoms with E-state index >= 15 is 0 Å². The second-order valence-electron chi connectivity index (χ2n) is 18.1. The van der Waals surface area contributed by atoms with Crippen molar-refractivity contribution in [2.24, 2.45) is 5.92 Å². The van der Waals surface area contributed by atoms with Crippen molar-refractivity contribution >= 4 is 61.7 Å². The van der Waals surface area contributed by atoms with E-state index in [0.29, 0.717) is 11.8 Å². The van der Waals surface area contributed by atoms with Gasteiger partial charge in [-0.3, -0.25) is 0 Å². The predicted molar refractivity (Wildman–Crippen MR) is 284 cm³/mol. The maximum atomic E-state index is 6.14. The lowest BCUT2D eigenvalue weighted by atomic mass is 9.81. The van der Waals surface area contributed by atoms with E-state index < -0.39 is 0 Å². The van der Waals surface area contributed by atoms with E-state index in [-0.39, 0.29) is 11.8 Å². The van der Waals surface area contributed by atoms with Gasteiger partial charge < -0.3 is 18.6 Å². The average Bonchev–Trinajstić information content (AvgIpc) is 4.05. The molecule has 0 fully saturated rings. The molecule has 0 bridgehead atoms. The van der Waals surface area contributed by atoms with Crippen molar-refractivity contribution in [3.63, 3.8) is 0 Å². The van der Waals surface area contributed by atoms with Gasteiger partial charge in [0.2, 0.25) is 11.8 Å². The van der Waals surface area contributed by atoms with Crippen molar-refractivity contribution in [3.8, 4) is 34.2 Å². The zero-order valence-electron chi connectivity index (χ0n) is 39.3. The lowest BCUT2D eigenvalue weighted by Gasteiger charge is -2.34. The summed E-state index contributed by atoms with van der Waals surface area (Å²) in [6.07, 6.45) is 4.79. The molecule has 8 aromatic carbocycles. The number of allylic oxidation sites excluding steroid dienone is 3. The van der Waals surface area contributed by atoms with E-state index in [1.54, 1.807) is 0 Å². The van der Waals surface area contributed by atoms with E-state index in [1.165, 1.54) is 0 Å². The molecule has 2 atom stereocenters. The van der Waals surface area contributed by atoms with Crippen molar-refractivity contribution in [1.82, 2.24) is 19.9 Å². The minimum absolute atomic E-state index is 0.0463. The highest BCUT2D eigenvalue weighted by molar-refractivity contribution is 5.86. The Kier molecular flexibility index (Phi) is 10.7. The molecular formula is C62H48N6O2. The molecule has 8 nitrogen and oxygen atoms in total. The summed E-state index contributed by atoms with van der Waals surface area (Å²) >= 11 is 0. The zero-order valence-corrected chi connectivity index (χ0v) is 39.3. The molecule has 338 valence electrons. The van der Waals surface area contributed by atoms with Crippen LogP contribution in [0.4, 0.5) is 28.4 Å². The SMILES string of the molecule is CC1=CC(c2nc3ccccc3nc2-c2cc(C)c(N(c3ccccc3)c3ccc(-c4nc5ccccc5o4)cc3)cc2C)C(C)C=C1N(c1ccccc1)c1ccc(-c2nc3ccccc3o2)cc1. The van der Waals surface area contributed by atoms with Crippen molar-refractivity contribution in [1.29, 1.82) is 0 Å². The van der Waals surface area contributed by atoms with Crippen LogP contribution in [0.1, 0.15) is 36.6 Å². The van der Waals surface area contributed by atoms with Crippen LogP contribution in [0.5, 0.6) is 0 Å². The van der Waals surface area contributed by atoms with Crippen molar-refractivity contribution in [2.75, 3.05) is 9.80 Å². The maximum absolute atomic E-state index is 6.14. The summed E-state index contributed by atoms with van der Waals surface area (Å²) < 4.78 is 12.3. The Morgan fingerprint density at radius 1 is 0.429 bits per heavy atom. The monoisotopic (exact) mass is 908 g/mol.